The number of aliphatic imine (C=N–C) groups is 1. The largest absolute Gasteiger partial charge is 0.351 e. The lowest BCUT2D eigenvalue weighted by Gasteiger charge is -2.30. The molecule has 2 aliphatic carbocycles. The molecule has 6 nitrogen and oxygen atoms in total. The maximum atomic E-state index is 13.6. The zero-order valence-corrected chi connectivity index (χ0v) is 18.2. The summed E-state index contributed by atoms with van der Waals surface area (Å²) in [6.45, 7) is 0.746. The molecule has 2 saturated carbocycles. The van der Waals surface area contributed by atoms with Crippen molar-refractivity contribution in [3.63, 3.8) is 0 Å². The third-order valence-electron chi connectivity index (χ3n) is 6.19. The first-order valence-electron chi connectivity index (χ1n) is 11.1. The summed E-state index contributed by atoms with van der Waals surface area (Å²) in [7, 11) is 0. The van der Waals surface area contributed by atoms with Crippen LogP contribution in [0.3, 0.4) is 0 Å². The standard InChI is InChI=1S/C21H26F6N6/c1-19(22,23)15-3-2-14(30-15)16-31-17(28-12-4-8-20(24,25)9-5-12)33-18(32-16)29-13-6-10-21(26,27)11-7-13/h3,12-13H,2,4-11H2,1H3,(H2,28,29,31,32,33). The highest BCUT2D eigenvalue weighted by molar-refractivity contribution is 6.01. The van der Waals surface area contributed by atoms with Crippen LogP contribution in [0.1, 0.15) is 70.5 Å². The number of halogens is 6. The van der Waals surface area contributed by atoms with E-state index in [2.05, 4.69) is 30.6 Å². The summed E-state index contributed by atoms with van der Waals surface area (Å²) in [5.41, 5.74) is -0.156. The van der Waals surface area contributed by atoms with E-state index in [0.717, 1.165) is 6.92 Å². The molecule has 0 spiro atoms. The molecule has 0 bridgehead atoms. The molecule has 1 aliphatic heterocycles. The van der Waals surface area contributed by atoms with Crippen molar-refractivity contribution >= 4 is 17.6 Å². The van der Waals surface area contributed by atoms with E-state index in [-0.39, 0.29) is 99.0 Å². The predicted molar refractivity (Wildman–Crippen MR) is 111 cm³/mol. The van der Waals surface area contributed by atoms with Crippen molar-refractivity contribution in [1.29, 1.82) is 0 Å². The minimum atomic E-state index is -3.11. The zero-order valence-electron chi connectivity index (χ0n) is 18.2. The molecule has 0 radical (unpaired) electrons. The Morgan fingerprint density at radius 2 is 1.27 bits per heavy atom. The fourth-order valence-corrected chi connectivity index (χ4v) is 4.22. The van der Waals surface area contributed by atoms with Crippen LogP contribution in [0.5, 0.6) is 0 Å². The average molecular weight is 476 g/mol. The van der Waals surface area contributed by atoms with Gasteiger partial charge in [-0.15, -0.1) is 0 Å². The summed E-state index contributed by atoms with van der Waals surface area (Å²) in [5.74, 6) is -8.20. The number of nitrogens with one attached hydrogen (secondary N) is 2. The molecule has 0 saturated heterocycles. The normalized spacial score (nSPS) is 23.7. The number of hydrogen-bond acceptors (Lipinski definition) is 6. The lowest BCUT2D eigenvalue weighted by Crippen LogP contribution is -2.34. The van der Waals surface area contributed by atoms with Gasteiger partial charge in [-0.2, -0.15) is 23.7 Å². The molecule has 2 N–H and O–H groups in total. The first kappa shape index (κ1) is 23.7. The first-order chi connectivity index (χ1) is 15.4. The first-order valence-corrected chi connectivity index (χ1v) is 11.1. The van der Waals surface area contributed by atoms with Gasteiger partial charge in [0.2, 0.25) is 23.7 Å². The van der Waals surface area contributed by atoms with Crippen molar-refractivity contribution in [3.8, 4) is 0 Å². The van der Waals surface area contributed by atoms with E-state index in [4.69, 9.17) is 0 Å². The number of aromatic nitrogens is 3. The van der Waals surface area contributed by atoms with E-state index >= 15 is 0 Å². The number of anilines is 2. The van der Waals surface area contributed by atoms with Crippen molar-refractivity contribution < 1.29 is 26.3 Å². The highest BCUT2D eigenvalue weighted by Gasteiger charge is 2.37. The molecule has 182 valence electrons. The van der Waals surface area contributed by atoms with E-state index in [1.165, 1.54) is 6.08 Å². The number of allylic oxidation sites excluding steroid dienone is 2. The summed E-state index contributed by atoms with van der Waals surface area (Å²) in [6, 6.07) is -0.555. The van der Waals surface area contributed by atoms with E-state index in [1.54, 1.807) is 0 Å². The number of alkyl halides is 6. The Hall–Kier alpha value is -2.40. The molecule has 4 rings (SSSR count). The number of nitrogens with zero attached hydrogens (tertiary/aromatic N) is 4. The second-order valence-corrected chi connectivity index (χ2v) is 9.10. The zero-order chi connectivity index (χ0) is 23.9. The van der Waals surface area contributed by atoms with Gasteiger partial charge in [0.05, 0.1) is 5.71 Å². The van der Waals surface area contributed by atoms with Gasteiger partial charge in [-0.1, -0.05) is 6.08 Å². The van der Waals surface area contributed by atoms with Gasteiger partial charge in [-0.05, 0) is 25.7 Å². The number of hydrogen-bond donors (Lipinski definition) is 2. The van der Waals surface area contributed by atoms with Crippen LogP contribution >= 0.6 is 0 Å². The molecule has 1 aromatic rings. The van der Waals surface area contributed by atoms with Crippen LogP contribution in [0.4, 0.5) is 38.2 Å². The molecular weight excluding hydrogens is 450 g/mol. The Balaban J connectivity index is 1.54. The maximum absolute atomic E-state index is 13.6. The minimum absolute atomic E-state index is 0.0766. The highest BCUT2D eigenvalue weighted by atomic mass is 19.3. The van der Waals surface area contributed by atoms with Crippen molar-refractivity contribution in [2.24, 2.45) is 4.99 Å². The SMILES string of the molecule is CC(F)(F)C1=CCC(c2nc(NC3CCC(F)(F)CC3)nc(NC3CCC(F)(F)CC3)n2)=N1. The van der Waals surface area contributed by atoms with Crippen LogP contribution in [-0.4, -0.2) is 50.5 Å². The summed E-state index contributed by atoms with van der Waals surface area (Å²) in [6.07, 6.45) is 1.29. The van der Waals surface area contributed by atoms with Crippen molar-refractivity contribution in [1.82, 2.24) is 15.0 Å². The fraction of sp³-hybridized carbons (Fsp3) is 0.714. The molecule has 0 aromatic carbocycles. The van der Waals surface area contributed by atoms with E-state index in [1.807, 2.05) is 0 Å². The summed E-state index contributed by atoms with van der Waals surface area (Å²) in [5, 5.41) is 6.08. The third kappa shape index (κ3) is 6.14. The van der Waals surface area contributed by atoms with Gasteiger partial charge in [0, 0.05) is 51.1 Å². The fourth-order valence-electron chi connectivity index (χ4n) is 4.22. The molecule has 3 aliphatic rings. The molecule has 0 atom stereocenters. The lowest BCUT2D eigenvalue weighted by molar-refractivity contribution is -0.0366. The van der Waals surface area contributed by atoms with Crippen LogP contribution in [-0.2, 0) is 0 Å². The number of rotatable bonds is 6. The lowest BCUT2D eigenvalue weighted by atomic mass is 9.92. The average Bonchev–Trinajstić information content (AvgIpc) is 3.22. The summed E-state index contributed by atoms with van der Waals surface area (Å²) in [4.78, 5) is 16.8. The molecule has 0 amide bonds. The second kappa shape index (κ2) is 8.75. The topological polar surface area (TPSA) is 75.1 Å². The van der Waals surface area contributed by atoms with Gasteiger partial charge in [0.1, 0.15) is 5.70 Å². The van der Waals surface area contributed by atoms with Crippen LogP contribution in [0, 0.1) is 0 Å². The predicted octanol–water partition coefficient (Wildman–Crippen LogP) is 5.58. The Morgan fingerprint density at radius 1 is 0.818 bits per heavy atom. The Bertz CT molecular complexity index is 873. The maximum Gasteiger partial charge on any atom is 0.286 e. The Kier molecular flexibility index (Phi) is 6.30. The molecule has 0 unspecified atom stereocenters. The monoisotopic (exact) mass is 476 g/mol. The van der Waals surface area contributed by atoms with Crippen LogP contribution in [0.25, 0.3) is 0 Å². The van der Waals surface area contributed by atoms with Gasteiger partial charge in [0.25, 0.3) is 5.92 Å². The van der Waals surface area contributed by atoms with Gasteiger partial charge in [0.15, 0.2) is 5.82 Å². The van der Waals surface area contributed by atoms with E-state index < -0.39 is 17.8 Å². The van der Waals surface area contributed by atoms with Crippen molar-refractivity contribution in [2.45, 2.75) is 94.6 Å². The Morgan fingerprint density at radius 3 is 1.67 bits per heavy atom. The van der Waals surface area contributed by atoms with E-state index in [9.17, 15) is 26.3 Å². The van der Waals surface area contributed by atoms with Gasteiger partial charge in [-0.3, -0.25) is 0 Å². The Labute approximate surface area is 187 Å². The minimum Gasteiger partial charge on any atom is -0.351 e. The molecule has 12 heteroatoms. The van der Waals surface area contributed by atoms with Gasteiger partial charge >= 0.3 is 0 Å². The third-order valence-corrected chi connectivity index (χ3v) is 6.19. The quantitative estimate of drug-likeness (QED) is 0.524. The molecule has 2 fully saturated rings. The molecule has 33 heavy (non-hydrogen) atoms. The molecule has 1 aromatic heterocycles. The van der Waals surface area contributed by atoms with Crippen molar-refractivity contribution in [2.75, 3.05) is 10.6 Å². The summed E-state index contributed by atoms with van der Waals surface area (Å²) >= 11 is 0. The van der Waals surface area contributed by atoms with Crippen LogP contribution < -0.4 is 10.6 Å². The van der Waals surface area contributed by atoms with Crippen LogP contribution in [0.2, 0.25) is 0 Å². The molecular formula is C21H26F6N6. The van der Waals surface area contributed by atoms with E-state index in [0.29, 0.717) is 0 Å². The highest BCUT2D eigenvalue weighted by Crippen LogP contribution is 2.35. The second-order valence-electron chi connectivity index (χ2n) is 9.10. The molecule has 2 heterocycles. The van der Waals surface area contributed by atoms with Crippen molar-refractivity contribution in [3.05, 3.63) is 17.6 Å². The van der Waals surface area contributed by atoms with Gasteiger partial charge < -0.3 is 10.6 Å². The summed E-state index contributed by atoms with van der Waals surface area (Å²) < 4.78 is 81.2. The van der Waals surface area contributed by atoms with Crippen LogP contribution in [0.15, 0.2) is 16.8 Å². The smallest absolute Gasteiger partial charge is 0.286 e. The van der Waals surface area contributed by atoms with Gasteiger partial charge in [-0.25, -0.2) is 22.6 Å².